The molecule has 0 fully saturated rings. The van der Waals surface area contributed by atoms with Crippen molar-refractivity contribution >= 4 is 27.3 Å². The van der Waals surface area contributed by atoms with Gasteiger partial charge in [0.2, 0.25) is 0 Å². The van der Waals surface area contributed by atoms with E-state index in [0.717, 1.165) is 0 Å². The third kappa shape index (κ3) is 2.68. The highest BCUT2D eigenvalue weighted by molar-refractivity contribution is 7.89. The topological polar surface area (TPSA) is 54.7 Å². The van der Waals surface area contributed by atoms with Crippen LogP contribution in [0.2, 0.25) is 5.15 Å². The van der Waals surface area contributed by atoms with Crippen molar-refractivity contribution in [1.82, 2.24) is 13.7 Å². The van der Waals surface area contributed by atoms with E-state index in [-0.39, 0.29) is 16.1 Å². The zero-order valence-corrected chi connectivity index (χ0v) is 13.3. The van der Waals surface area contributed by atoms with Crippen LogP contribution in [0, 0.1) is 5.92 Å². The van der Waals surface area contributed by atoms with E-state index in [0.29, 0.717) is 18.7 Å². The smallest absolute Gasteiger partial charge is 0.262 e. The molecule has 0 aliphatic rings. The second-order valence-corrected chi connectivity index (χ2v) is 7.20. The van der Waals surface area contributed by atoms with Crippen LogP contribution >= 0.6 is 11.6 Å². The summed E-state index contributed by atoms with van der Waals surface area (Å²) in [7, 11) is -3.66. The summed E-state index contributed by atoms with van der Waals surface area (Å²) < 4.78 is 28.5. The summed E-state index contributed by atoms with van der Waals surface area (Å²) in [5.41, 5.74) is 0.525. The highest BCUT2D eigenvalue weighted by Crippen LogP contribution is 2.26. The highest BCUT2D eigenvalue weighted by Gasteiger charge is 2.30. The molecular weight excluding hydrogens is 298 g/mol. The van der Waals surface area contributed by atoms with Crippen molar-refractivity contribution in [2.75, 3.05) is 13.1 Å². The molecule has 0 amide bonds. The van der Waals surface area contributed by atoms with Crippen LogP contribution in [0.1, 0.15) is 20.8 Å². The first kappa shape index (κ1) is 15.3. The first-order chi connectivity index (χ1) is 9.37. The molecule has 0 N–H and O–H groups in total. The number of imidazole rings is 1. The molecule has 0 spiro atoms. The van der Waals surface area contributed by atoms with Crippen molar-refractivity contribution in [2.24, 2.45) is 5.92 Å². The maximum atomic E-state index is 12.8. The minimum Gasteiger partial charge on any atom is -0.288 e. The Kier molecular flexibility index (Phi) is 4.36. The van der Waals surface area contributed by atoms with Crippen molar-refractivity contribution in [2.45, 2.75) is 25.8 Å². The van der Waals surface area contributed by atoms with Gasteiger partial charge in [0, 0.05) is 19.3 Å². The fraction of sp³-hybridized carbons (Fsp3) is 0.462. The predicted octanol–water partition coefficient (Wildman–Crippen LogP) is 2.65. The van der Waals surface area contributed by atoms with E-state index in [1.54, 1.807) is 24.4 Å². The molecule has 0 atom stereocenters. The molecule has 0 aliphatic carbocycles. The summed E-state index contributed by atoms with van der Waals surface area (Å²) in [4.78, 5) is 4.10. The van der Waals surface area contributed by atoms with Crippen molar-refractivity contribution in [3.8, 4) is 0 Å². The summed E-state index contributed by atoms with van der Waals surface area (Å²) in [6, 6.07) is 5.27. The zero-order valence-electron chi connectivity index (χ0n) is 11.7. The van der Waals surface area contributed by atoms with Gasteiger partial charge in [-0.05, 0) is 18.1 Å². The van der Waals surface area contributed by atoms with E-state index in [1.165, 1.54) is 8.71 Å². The fourth-order valence-electron chi connectivity index (χ4n) is 2.10. The molecule has 0 unspecified atom stereocenters. The molecule has 2 aromatic heterocycles. The average Bonchev–Trinajstić information content (AvgIpc) is 2.71. The van der Waals surface area contributed by atoms with Crippen LogP contribution in [0.3, 0.4) is 0 Å². The Bertz CT molecular complexity index is 709. The SMILES string of the molecule is CCN(CC(C)C)S(=O)(=O)c1c(Cl)nc2ccccn12. The molecule has 0 saturated carbocycles. The average molecular weight is 316 g/mol. The van der Waals surface area contributed by atoms with Gasteiger partial charge in [-0.2, -0.15) is 4.31 Å². The fourth-order valence-corrected chi connectivity index (χ4v) is 4.31. The number of halogens is 1. The molecule has 0 aromatic carbocycles. The number of rotatable bonds is 5. The molecule has 20 heavy (non-hydrogen) atoms. The molecule has 0 aliphatic heterocycles. The Morgan fingerprint density at radius 3 is 2.70 bits per heavy atom. The quantitative estimate of drug-likeness (QED) is 0.852. The van der Waals surface area contributed by atoms with Gasteiger partial charge in [0.05, 0.1) is 0 Å². The van der Waals surface area contributed by atoms with Crippen molar-refractivity contribution < 1.29 is 8.42 Å². The lowest BCUT2D eigenvalue weighted by Crippen LogP contribution is -2.34. The van der Waals surface area contributed by atoms with E-state index in [9.17, 15) is 8.42 Å². The number of sulfonamides is 1. The van der Waals surface area contributed by atoms with Gasteiger partial charge < -0.3 is 0 Å². The molecule has 2 aromatic rings. The lowest BCUT2D eigenvalue weighted by molar-refractivity contribution is 0.379. The number of nitrogens with zero attached hydrogens (tertiary/aromatic N) is 3. The second-order valence-electron chi connectivity index (χ2n) is 4.99. The molecule has 0 bridgehead atoms. The zero-order chi connectivity index (χ0) is 14.9. The maximum Gasteiger partial charge on any atom is 0.262 e. The Labute approximate surface area is 124 Å². The summed E-state index contributed by atoms with van der Waals surface area (Å²) in [5, 5.41) is 0.0515. The molecule has 2 heterocycles. The van der Waals surface area contributed by atoms with E-state index in [2.05, 4.69) is 4.98 Å². The van der Waals surface area contributed by atoms with Gasteiger partial charge in [-0.15, -0.1) is 0 Å². The van der Waals surface area contributed by atoms with Crippen LogP contribution in [-0.2, 0) is 10.0 Å². The lowest BCUT2D eigenvalue weighted by Gasteiger charge is -2.22. The summed E-state index contributed by atoms with van der Waals surface area (Å²) >= 11 is 6.05. The van der Waals surface area contributed by atoms with E-state index < -0.39 is 10.0 Å². The summed E-state index contributed by atoms with van der Waals surface area (Å²) in [6.45, 7) is 6.63. The van der Waals surface area contributed by atoms with Gasteiger partial charge in [-0.25, -0.2) is 13.4 Å². The Morgan fingerprint density at radius 1 is 1.40 bits per heavy atom. The molecule has 5 nitrogen and oxygen atoms in total. The molecule has 0 radical (unpaired) electrons. The van der Waals surface area contributed by atoms with Crippen LogP contribution in [0.15, 0.2) is 29.4 Å². The van der Waals surface area contributed by atoms with Crippen LogP contribution < -0.4 is 0 Å². The monoisotopic (exact) mass is 315 g/mol. The first-order valence-corrected chi connectivity index (χ1v) is 8.32. The number of hydrogen-bond acceptors (Lipinski definition) is 3. The normalized spacial score (nSPS) is 12.7. The van der Waals surface area contributed by atoms with Gasteiger partial charge in [0.25, 0.3) is 10.0 Å². The summed E-state index contributed by atoms with van der Waals surface area (Å²) in [5.74, 6) is 0.239. The van der Waals surface area contributed by atoms with E-state index in [1.807, 2.05) is 20.8 Å². The van der Waals surface area contributed by atoms with Crippen LogP contribution in [0.5, 0.6) is 0 Å². The van der Waals surface area contributed by atoms with Gasteiger partial charge in [0.15, 0.2) is 10.2 Å². The molecule has 110 valence electrons. The van der Waals surface area contributed by atoms with Gasteiger partial charge in [-0.1, -0.05) is 38.4 Å². The van der Waals surface area contributed by atoms with Gasteiger partial charge >= 0.3 is 0 Å². The minimum absolute atomic E-state index is 0.0124. The van der Waals surface area contributed by atoms with Crippen LogP contribution in [-0.4, -0.2) is 35.2 Å². The Balaban J connectivity index is 2.59. The third-order valence-electron chi connectivity index (χ3n) is 2.95. The highest BCUT2D eigenvalue weighted by atomic mass is 35.5. The maximum absolute atomic E-state index is 12.8. The Hall–Kier alpha value is -1.11. The largest absolute Gasteiger partial charge is 0.288 e. The molecule has 0 saturated heterocycles. The predicted molar refractivity (Wildman–Crippen MR) is 79.5 cm³/mol. The van der Waals surface area contributed by atoms with Gasteiger partial charge in [0.1, 0.15) is 5.65 Å². The van der Waals surface area contributed by atoms with E-state index >= 15 is 0 Å². The lowest BCUT2D eigenvalue weighted by atomic mass is 10.2. The van der Waals surface area contributed by atoms with Crippen molar-refractivity contribution in [3.63, 3.8) is 0 Å². The first-order valence-electron chi connectivity index (χ1n) is 6.50. The van der Waals surface area contributed by atoms with Gasteiger partial charge in [-0.3, -0.25) is 4.40 Å². The number of aromatic nitrogens is 2. The van der Waals surface area contributed by atoms with Crippen molar-refractivity contribution in [3.05, 3.63) is 29.5 Å². The van der Waals surface area contributed by atoms with Crippen LogP contribution in [0.4, 0.5) is 0 Å². The number of hydrogen-bond donors (Lipinski definition) is 0. The Morgan fingerprint density at radius 2 is 2.10 bits per heavy atom. The minimum atomic E-state index is -3.66. The molecule has 7 heteroatoms. The van der Waals surface area contributed by atoms with E-state index in [4.69, 9.17) is 11.6 Å². The number of pyridine rings is 1. The number of fused-ring (bicyclic) bond motifs is 1. The molecular formula is C13H18ClN3O2S. The third-order valence-corrected chi connectivity index (χ3v) is 5.29. The van der Waals surface area contributed by atoms with Crippen molar-refractivity contribution in [1.29, 1.82) is 0 Å². The second kappa shape index (κ2) is 5.71. The standard InChI is InChI=1S/C13H18ClN3O2S/c1-4-16(9-10(2)3)20(18,19)13-12(14)15-11-7-5-6-8-17(11)13/h5-8,10H,4,9H2,1-3H3. The molecule has 2 rings (SSSR count). The summed E-state index contributed by atoms with van der Waals surface area (Å²) in [6.07, 6.45) is 1.66. The van der Waals surface area contributed by atoms with Crippen LogP contribution in [0.25, 0.3) is 5.65 Å².